The Hall–Kier alpha value is -3.22. The summed E-state index contributed by atoms with van der Waals surface area (Å²) in [6.45, 7) is 0. The van der Waals surface area contributed by atoms with Crippen LogP contribution in [0.25, 0.3) is 16.6 Å². The molecule has 1 aromatic heterocycles. The first kappa shape index (κ1) is 12.8. The summed E-state index contributed by atoms with van der Waals surface area (Å²) in [5.74, 6) is -1.33. The molecular weight excluding hydrogens is 274 g/mol. The minimum atomic E-state index is -1.33. The fraction of sp³-hybridized carbons (Fsp3) is 0. The second-order valence-electron chi connectivity index (χ2n) is 4.38. The van der Waals surface area contributed by atoms with Crippen LogP contribution in [0.3, 0.4) is 0 Å². The molecule has 1 N–H and O–H groups in total. The highest BCUT2D eigenvalue weighted by Crippen LogP contribution is 2.25. The third kappa shape index (κ3) is 2.10. The van der Waals surface area contributed by atoms with Gasteiger partial charge in [0.25, 0.3) is 5.69 Å². The molecule has 0 radical (unpaired) electrons. The minimum absolute atomic E-state index is 0.347. The Morgan fingerprint density at radius 2 is 2.00 bits per heavy atom. The van der Waals surface area contributed by atoms with Crippen molar-refractivity contribution in [3.05, 3.63) is 64.3 Å². The molecule has 0 saturated heterocycles. The first-order chi connectivity index (χ1) is 10.1. The molecule has 7 heteroatoms. The first-order valence-corrected chi connectivity index (χ1v) is 6.03. The molecule has 1 heterocycles. The van der Waals surface area contributed by atoms with Crippen LogP contribution < -0.4 is 0 Å². The van der Waals surface area contributed by atoms with Crippen molar-refractivity contribution in [2.24, 2.45) is 0 Å². The standard InChI is InChI=1S/C14H9N3O4/c18-14(19)11-6-5-10(7-13(11)17(20)21)16-12-4-2-1-3-9(12)8-15-16/h1-8H,(H,18,19). The van der Waals surface area contributed by atoms with Crippen LogP contribution in [0.2, 0.25) is 0 Å². The number of benzene rings is 2. The SMILES string of the molecule is O=C(O)c1ccc(-n2ncc3ccccc32)cc1[N+](=O)[O-]. The van der Waals surface area contributed by atoms with Gasteiger partial charge in [0.1, 0.15) is 5.56 Å². The van der Waals surface area contributed by atoms with E-state index in [4.69, 9.17) is 5.11 Å². The molecule has 0 saturated carbocycles. The van der Waals surface area contributed by atoms with Gasteiger partial charge in [0.2, 0.25) is 0 Å². The van der Waals surface area contributed by atoms with Gasteiger partial charge in [0.15, 0.2) is 0 Å². The molecular formula is C14H9N3O4. The van der Waals surface area contributed by atoms with E-state index in [1.165, 1.54) is 22.9 Å². The van der Waals surface area contributed by atoms with Crippen LogP contribution in [0, 0.1) is 10.1 Å². The number of hydrogen-bond donors (Lipinski definition) is 1. The molecule has 2 aromatic carbocycles. The highest BCUT2D eigenvalue weighted by molar-refractivity contribution is 5.93. The number of rotatable bonds is 3. The summed E-state index contributed by atoms with van der Waals surface area (Å²) >= 11 is 0. The molecule has 0 fully saturated rings. The van der Waals surface area contributed by atoms with E-state index < -0.39 is 16.6 Å². The van der Waals surface area contributed by atoms with Crippen molar-refractivity contribution in [1.29, 1.82) is 0 Å². The molecule has 0 aliphatic carbocycles. The molecule has 0 amide bonds. The van der Waals surface area contributed by atoms with Crippen LogP contribution >= 0.6 is 0 Å². The molecule has 7 nitrogen and oxygen atoms in total. The van der Waals surface area contributed by atoms with Gasteiger partial charge in [-0.3, -0.25) is 10.1 Å². The summed E-state index contributed by atoms with van der Waals surface area (Å²) in [6, 6.07) is 11.3. The van der Waals surface area contributed by atoms with E-state index in [1.54, 1.807) is 6.20 Å². The number of carboxylic acids is 1. The highest BCUT2D eigenvalue weighted by Gasteiger charge is 2.21. The van der Waals surface area contributed by atoms with Gasteiger partial charge in [-0.15, -0.1) is 0 Å². The molecule has 3 aromatic rings. The van der Waals surface area contributed by atoms with Crippen LogP contribution in [0.15, 0.2) is 48.7 Å². The fourth-order valence-corrected chi connectivity index (χ4v) is 2.16. The van der Waals surface area contributed by atoms with Gasteiger partial charge in [0, 0.05) is 11.5 Å². The molecule has 0 aliphatic heterocycles. The maximum atomic E-state index is 11.0. The number of carboxylic acid groups (broad SMARTS) is 1. The lowest BCUT2D eigenvalue weighted by Gasteiger charge is -2.05. The monoisotopic (exact) mass is 283 g/mol. The van der Waals surface area contributed by atoms with E-state index in [2.05, 4.69) is 5.10 Å². The van der Waals surface area contributed by atoms with E-state index in [-0.39, 0.29) is 5.56 Å². The summed E-state index contributed by atoms with van der Waals surface area (Å²) in [4.78, 5) is 21.3. The lowest BCUT2D eigenvalue weighted by Crippen LogP contribution is -2.05. The van der Waals surface area contributed by atoms with Gasteiger partial charge in [-0.2, -0.15) is 5.10 Å². The summed E-state index contributed by atoms with van der Waals surface area (Å²) in [6.07, 6.45) is 1.65. The number of hydrogen-bond acceptors (Lipinski definition) is 4. The maximum Gasteiger partial charge on any atom is 0.342 e. The number of carbonyl (C=O) groups is 1. The zero-order valence-corrected chi connectivity index (χ0v) is 10.6. The quantitative estimate of drug-likeness (QED) is 0.588. The van der Waals surface area contributed by atoms with Crippen molar-refractivity contribution in [2.45, 2.75) is 0 Å². The predicted octanol–water partition coefficient (Wildman–Crippen LogP) is 2.63. The van der Waals surface area contributed by atoms with E-state index in [1.807, 2.05) is 24.3 Å². The Morgan fingerprint density at radius 1 is 1.24 bits per heavy atom. The molecule has 0 unspecified atom stereocenters. The average molecular weight is 283 g/mol. The topological polar surface area (TPSA) is 98.3 Å². The number of fused-ring (bicyclic) bond motifs is 1. The lowest BCUT2D eigenvalue weighted by atomic mass is 10.1. The Bertz CT molecular complexity index is 870. The van der Waals surface area contributed by atoms with Gasteiger partial charge in [-0.1, -0.05) is 18.2 Å². The van der Waals surface area contributed by atoms with Crippen molar-refractivity contribution in [3.8, 4) is 5.69 Å². The van der Waals surface area contributed by atoms with Gasteiger partial charge < -0.3 is 5.11 Å². The Labute approximate surface area is 118 Å². The first-order valence-electron chi connectivity index (χ1n) is 6.03. The van der Waals surface area contributed by atoms with E-state index in [9.17, 15) is 14.9 Å². The van der Waals surface area contributed by atoms with Crippen LogP contribution in [0.1, 0.15) is 10.4 Å². The van der Waals surface area contributed by atoms with Crippen LogP contribution in [-0.4, -0.2) is 25.8 Å². The molecule has 3 rings (SSSR count). The third-order valence-corrected chi connectivity index (χ3v) is 3.13. The fourth-order valence-electron chi connectivity index (χ4n) is 2.16. The Kier molecular flexibility index (Phi) is 2.87. The minimum Gasteiger partial charge on any atom is -0.477 e. The second kappa shape index (κ2) is 4.71. The summed E-state index contributed by atoms with van der Waals surface area (Å²) < 4.78 is 1.54. The molecule has 0 spiro atoms. The lowest BCUT2D eigenvalue weighted by molar-refractivity contribution is -0.385. The number of para-hydroxylation sites is 1. The zero-order chi connectivity index (χ0) is 15.0. The molecule has 0 aliphatic rings. The Morgan fingerprint density at radius 3 is 2.71 bits per heavy atom. The number of nitro groups is 1. The Balaban J connectivity index is 2.22. The van der Waals surface area contributed by atoms with E-state index in [0.717, 1.165) is 10.9 Å². The van der Waals surface area contributed by atoms with Crippen molar-refractivity contribution in [2.75, 3.05) is 0 Å². The average Bonchev–Trinajstić information content (AvgIpc) is 2.90. The number of aromatic carboxylic acids is 1. The van der Waals surface area contributed by atoms with Crippen molar-refractivity contribution in [3.63, 3.8) is 0 Å². The largest absolute Gasteiger partial charge is 0.477 e. The predicted molar refractivity (Wildman–Crippen MR) is 74.7 cm³/mol. The smallest absolute Gasteiger partial charge is 0.342 e. The van der Waals surface area contributed by atoms with Crippen molar-refractivity contribution >= 4 is 22.6 Å². The van der Waals surface area contributed by atoms with Crippen LogP contribution in [-0.2, 0) is 0 Å². The van der Waals surface area contributed by atoms with Crippen LogP contribution in [0.4, 0.5) is 5.69 Å². The molecule has 104 valence electrons. The van der Waals surface area contributed by atoms with E-state index in [0.29, 0.717) is 5.69 Å². The summed E-state index contributed by atoms with van der Waals surface area (Å²) in [7, 11) is 0. The van der Waals surface area contributed by atoms with Crippen molar-refractivity contribution < 1.29 is 14.8 Å². The normalized spacial score (nSPS) is 10.7. The maximum absolute atomic E-state index is 11.0. The highest BCUT2D eigenvalue weighted by atomic mass is 16.6. The molecule has 0 bridgehead atoms. The third-order valence-electron chi connectivity index (χ3n) is 3.13. The van der Waals surface area contributed by atoms with E-state index >= 15 is 0 Å². The van der Waals surface area contributed by atoms with Crippen molar-refractivity contribution in [1.82, 2.24) is 9.78 Å². The molecule has 0 atom stereocenters. The van der Waals surface area contributed by atoms with Gasteiger partial charge in [0.05, 0.1) is 22.3 Å². The number of nitrogens with zero attached hydrogens (tertiary/aromatic N) is 3. The number of nitro benzene ring substituents is 1. The van der Waals surface area contributed by atoms with Crippen LogP contribution in [0.5, 0.6) is 0 Å². The van der Waals surface area contributed by atoms with Gasteiger partial charge in [-0.25, -0.2) is 9.48 Å². The van der Waals surface area contributed by atoms with Gasteiger partial charge >= 0.3 is 5.97 Å². The summed E-state index contributed by atoms with van der Waals surface area (Å²) in [5, 5.41) is 25.1. The summed E-state index contributed by atoms with van der Waals surface area (Å²) in [5.41, 5.74) is 0.419. The zero-order valence-electron chi connectivity index (χ0n) is 10.6. The number of aromatic nitrogens is 2. The van der Waals surface area contributed by atoms with Gasteiger partial charge in [-0.05, 0) is 18.2 Å². The second-order valence-corrected chi connectivity index (χ2v) is 4.38. The molecule has 21 heavy (non-hydrogen) atoms.